The summed E-state index contributed by atoms with van der Waals surface area (Å²) in [7, 11) is 0. The van der Waals surface area contributed by atoms with Crippen LogP contribution in [0.15, 0.2) is 94.5 Å². The highest BCUT2D eigenvalue weighted by Crippen LogP contribution is 2.33. The third-order valence-corrected chi connectivity index (χ3v) is 4.99. The lowest BCUT2D eigenvalue weighted by molar-refractivity contribution is 0.419. The summed E-state index contributed by atoms with van der Waals surface area (Å²) in [5, 5.41) is 4.42. The van der Waals surface area contributed by atoms with Gasteiger partial charge in [0.15, 0.2) is 17.0 Å². The first-order valence-corrected chi connectivity index (χ1v) is 9.70. The first-order valence-electron chi connectivity index (χ1n) is 9.70. The molecule has 0 aliphatic heterocycles. The number of benzene rings is 2. The zero-order valence-electron chi connectivity index (χ0n) is 16.6. The minimum Gasteiger partial charge on any atom is -0.464 e. The van der Waals surface area contributed by atoms with Gasteiger partial charge < -0.3 is 9.15 Å². The van der Waals surface area contributed by atoms with Crippen molar-refractivity contribution in [3.8, 4) is 34.1 Å². The molecular formula is C25H17FN2O3. The molecule has 0 bridgehead atoms. The fraction of sp³-hybridized carbons (Fsp3) is 0.0400. The number of hydrogen-bond donors (Lipinski definition) is 0. The van der Waals surface area contributed by atoms with Crippen molar-refractivity contribution >= 4 is 5.52 Å². The van der Waals surface area contributed by atoms with Gasteiger partial charge in [0.2, 0.25) is 5.88 Å². The lowest BCUT2D eigenvalue weighted by Gasteiger charge is -2.12. The Kier molecular flexibility index (Phi) is 4.59. The quantitative estimate of drug-likeness (QED) is 0.371. The van der Waals surface area contributed by atoms with Gasteiger partial charge in [-0.2, -0.15) is 0 Å². The number of aromatic nitrogens is 2. The van der Waals surface area contributed by atoms with Crippen LogP contribution in [0.1, 0.15) is 5.56 Å². The highest BCUT2D eigenvalue weighted by molar-refractivity contribution is 5.89. The number of rotatable bonds is 4. The van der Waals surface area contributed by atoms with Crippen LogP contribution in [-0.2, 0) is 0 Å². The normalized spacial score (nSPS) is 11.0. The van der Waals surface area contributed by atoms with Gasteiger partial charge in [0.1, 0.15) is 5.76 Å². The van der Waals surface area contributed by atoms with Crippen LogP contribution < -0.4 is 10.2 Å². The zero-order valence-corrected chi connectivity index (χ0v) is 16.6. The van der Waals surface area contributed by atoms with Crippen LogP contribution in [0.2, 0.25) is 0 Å². The molecule has 0 spiro atoms. The fourth-order valence-electron chi connectivity index (χ4n) is 3.55. The lowest BCUT2D eigenvalue weighted by Crippen LogP contribution is -2.09. The van der Waals surface area contributed by atoms with Gasteiger partial charge in [0, 0.05) is 23.9 Å². The molecule has 0 aliphatic carbocycles. The Morgan fingerprint density at radius 3 is 2.58 bits per heavy atom. The van der Waals surface area contributed by atoms with E-state index in [0.717, 1.165) is 16.7 Å². The molecule has 0 aliphatic rings. The maximum Gasteiger partial charge on any atom is 0.237 e. The summed E-state index contributed by atoms with van der Waals surface area (Å²) in [6, 6.07) is 20.7. The average molecular weight is 412 g/mol. The molecule has 152 valence electrons. The van der Waals surface area contributed by atoms with Crippen molar-refractivity contribution in [2.45, 2.75) is 6.92 Å². The molecule has 0 amide bonds. The lowest BCUT2D eigenvalue weighted by atomic mass is 9.97. The molecular weight excluding hydrogens is 395 g/mol. The predicted octanol–water partition coefficient (Wildman–Crippen LogP) is 5.86. The molecule has 3 heterocycles. The predicted molar refractivity (Wildman–Crippen MR) is 116 cm³/mol. The van der Waals surface area contributed by atoms with E-state index < -0.39 is 5.82 Å². The zero-order chi connectivity index (χ0) is 21.4. The molecule has 31 heavy (non-hydrogen) atoms. The Morgan fingerprint density at radius 1 is 0.968 bits per heavy atom. The fourth-order valence-corrected chi connectivity index (χ4v) is 3.55. The summed E-state index contributed by atoms with van der Waals surface area (Å²) in [4.78, 5) is 12.9. The third-order valence-electron chi connectivity index (χ3n) is 4.99. The molecule has 2 aromatic carbocycles. The van der Waals surface area contributed by atoms with Gasteiger partial charge in [-0.1, -0.05) is 30.3 Å². The van der Waals surface area contributed by atoms with Crippen molar-refractivity contribution in [1.82, 2.24) is 9.61 Å². The molecule has 0 unspecified atom stereocenters. The Balaban J connectivity index is 1.63. The molecule has 3 aromatic heterocycles. The first-order chi connectivity index (χ1) is 15.1. The molecule has 5 aromatic rings. The van der Waals surface area contributed by atoms with Gasteiger partial charge in [0.05, 0.1) is 17.3 Å². The molecule has 6 heteroatoms. The Labute approximate surface area is 177 Å². The van der Waals surface area contributed by atoms with Crippen LogP contribution in [-0.4, -0.2) is 9.61 Å². The van der Waals surface area contributed by atoms with Crippen molar-refractivity contribution in [2.24, 2.45) is 0 Å². The second-order valence-electron chi connectivity index (χ2n) is 7.12. The summed E-state index contributed by atoms with van der Waals surface area (Å²) in [5.41, 5.74) is 3.30. The summed E-state index contributed by atoms with van der Waals surface area (Å²) < 4.78 is 26.9. The summed E-state index contributed by atoms with van der Waals surface area (Å²) in [6.07, 6.45) is 3.16. The minimum atomic E-state index is -0.463. The minimum absolute atomic E-state index is 0.0851. The average Bonchev–Trinajstić information content (AvgIpc) is 3.31. The smallest absolute Gasteiger partial charge is 0.237 e. The summed E-state index contributed by atoms with van der Waals surface area (Å²) in [6.45, 7) is 1.81. The van der Waals surface area contributed by atoms with Crippen molar-refractivity contribution in [2.75, 3.05) is 0 Å². The van der Waals surface area contributed by atoms with Crippen molar-refractivity contribution < 1.29 is 13.5 Å². The Bertz CT molecular complexity index is 1460. The van der Waals surface area contributed by atoms with Crippen LogP contribution in [0.5, 0.6) is 11.6 Å². The molecule has 0 saturated carbocycles. The number of aryl methyl sites for hydroxylation is 1. The van der Waals surface area contributed by atoms with E-state index in [2.05, 4.69) is 5.10 Å². The van der Waals surface area contributed by atoms with Gasteiger partial charge in [-0.05, 0) is 48.4 Å². The van der Waals surface area contributed by atoms with Crippen molar-refractivity contribution in [3.63, 3.8) is 0 Å². The monoisotopic (exact) mass is 412 g/mol. The van der Waals surface area contributed by atoms with Crippen LogP contribution in [0.4, 0.5) is 4.39 Å². The number of hydrogen-bond acceptors (Lipinski definition) is 4. The SMILES string of the molecule is Cc1ccc(Oc2ccc3c(-c4ccccc4-c4ccco4)c(=O)ccn3n2)c(F)c1. The van der Waals surface area contributed by atoms with Crippen LogP contribution in [0.3, 0.4) is 0 Å². The van der Waals surface area contributed by atoms with Crippen LogP contribution in [0, 0.1) is 12.7 Å². The second kappa shape index (κ2) is 7.57. The Hall–Kier alpha value is -4.19. The molecule has 0 N–H and O–H groups in total. The van der Waals surface area contributed by atoms with Crippen LogP contribution in [0.25, 0.3) is 28.0 Å². The van der Waals surface area contributed by atoms with Crippen molar-refractivity contribution in [3.05, 3.63) is 107 Å². The van der Waals surface area contributed by atoms with Gasteiger partial charge in [-0.25, -0.2) is 8.91 Å². The number of halogens is 1. The highest BCUT2D eigenvalue weighted by atomic mass is 19.1. The molecule has 5 nitrogen and oxygen atoms in total. The number of furan rings is 1. The van der Waals surface area contributed by atoms with E-state index in [9.17, 15) is 9.18 Å². The van der Waals surface area contributed by atoms with E-state index in [-0.39, 0.29) is 17.1 Å². The molecule has 0 atom stereocenters. The van der Waals surface area contributed by atoms with E-state index in [0.29, 0.717) is 16.8 Å². The first kappa shape index (κ1) is 18.8. The molecule has 5 rings (SSSR count). The van der Waals surface area contributed by atoms with E-state index >= 15 is 0 Å². The van der Waals surface area contributed by atoms with E-state index in [1.807, 2.05) is 30.3 Å². The maximum absolute atomic E-state index is 14.2. The number of ether oxygens (including phenoxy) is 1. The summed E-state index contributed by atoms with van der Waals surface area (Å²) in [5.74, 6) is 0.501. The van der Waals surface area contributed by atoms with E-state index in [1.165, 1.54) is 12.1 Å². The number of nitrogens with zero attached hydrogens (tertiary/aromatic N) is 2. The van der Waals surface area contributed by atoms with E-state index in [4.69, 9.17) is 9.15 Å². The molecule has 0 radical (unpaired) electrons. The Morgan fingerprint density at radius 2 is 1.81 bits per heavy atom. The maximum atomic E-state index is 14.2. The highest BCUT2D eigenvalue weighted by Gasteiger charge is 2.16. The van der Waals surface area contributed by atoms with Gasteiger partial charge >= 0.3 is 0 Å². The summed E-state index contributed by atoms with van der Waals surface area (Å²) >= 11 is 0. The van der Waals surface area contributed by atoms with Crippen LogP contribution >= 0.6 is 0 Å². The van der Waals surface area contributed by atoms with Gasteiger partial charge in [-0.15, -0.1) is 5.10 Å². The standard InChI is InChI=1S/C25H17FN2O3/c1-16-8-10-23(19(26)15-16)31-24-11-9-20-25(21(29)12-13-28(20)27-24)18-6-3-2-5-17(18)22-7-4-14-30-22/h2-15H,1H3. The number of fused-ring (bicyclic) bond motifs is 1. The van der Waals surface area contributed by atoms with Gasteiger partial charge in [-0.3, -0.25) is 4.79 Å². The third kappa shape index (κ3) is 3.48. The second-order valence-corrected chi connectivity index (χ2v) is 7.12. The topological polar surface area (TPSA) is 56.7 Å². The van der Waals surface area contributed by atoms with Gasteiger partial charge in [0.25, 0.3) is 0 Å². The molecule has 0 saturated heterocycles. The number of pyridine rings is 1. The largest absolute Gasteiger partial charge is 0.464 e. The van der Waals surface area contributed by atoms with E-state index in [1.54, 1.807) is 54.2 Å². The molecule has 0 fully saturated rings. The van der Waals surface area contributed by atoms with Crippen molar-refractivity contribution in [1.29, 1.82) is 0 Å².